The van der Waals surface area contributed by atoms with Crippen LogP contribution in [-0.2, 0) is 0 Å². The predicted molar refractivity (Wildman–Crippen MR) is 108 cm³/mol. The first-order valence-corrected chi connectivity index (χ1v) is 9.46. The molecule has 142 valence electrons. The molecule has 2 aromatic heterocycles. The number of fused-ring (bicyclic) bond motifs is 1. The fourth-order valence-corrected chi connectivity index (χ4v) is 3.37. The molecule has 0 radical (unpaired) electrons. The third kappa shape index (κ3) is 4.10. The molecular formula is C19H21BrFN5O. The number of H-pyrrole nitrogens is 1. The van der Waals surface area contributed by atoms with Gasteiger partial charge in [0.15, 0.2) is 5.65 Å². The minimum atomic E-state index is -0.435. The van der Waals surface area contributed by atoms with Crippen molar-refractivity contribution in [3.63, 3.8) is 0 Å². The number of benzene rings is 1. The van der Waals surface area contributed by atoms with Crippen LogP contribution in [0.3, 0.4) is 0 Å². The Labute approximate surface area is 165 Å². The third-order valence-electron chi connectivity index (χ3n) is 4.12. The maximum atomic E-state index is 14.4. The number of rotatable bonds is 4. The van der Waals surface area contributed by atoms with Gasteiger partial charge >= 0.3 is 6.03 Å². The zero-order chi connectivity index (χ0) is 19.7. The molecule has 0 saturated heterocycles. The molecule has 2 heterocycles. The lowest BCUT2D eigenvalue weighted by Crippen LogP contribution is -2.44. The summed E-state index contributed by atoms with van der Waals surface area (Å²) in [5, 5.41) is 2.84. The highest BCUT2D eigenvalue weighted by Gasteiger charge is 2.21. The normalized spacial score (nSPS) is 11.4. The second-order valence-corrected chi connectivity index (χ2v) is 7.75. The number of halogens is 2. The van der Waals surface area contributed by atoms with E-state index >= 15 is 0 Å². The molecule has 2 amide bonds. The number of pyridine rings is 1. The number of hydrogen-bond acceptors (Lipinski definition) is 3. The minimum Gasteiger partial charge on any atom is -0.336 e. The summed E-state index contributed by atoms with van der Waals surface area (Å²) in [6.45, 7) is 7.81. The van der Waals surface area contributed by atoms with Gasteiger partial charge in [0.25, 0.3) is 0 Å². The highest BCUT2D eigenvalue weighted by Crippen LogP contribution is 2.26. The van der Waals surface area contributed by atoms with Gasteiger partial charge in [0.05, 0.1) is 11.1 Å². The lowest BCUT2D eigenvalue weighted by molar-refractivity contribution is 0.178. The summed E-state index contributed by atoms with van der Waals surface area (Å²) in [6.07, 6.45) is 1.63. The first-order chi connectivity index (χ1) is 12.8. The average Bonchev–Trinajstić information content (AvgIpc) is 2.98. The Bertz CT molecular complexity index is 977. The van der Waals surface area contributed by atoms with Crippen molar-refractivity contribution >= 4 is 38.8 Å². The Balaban J connectivity index is 1.93. The van der Waals surface area contributed by atoms with Crippen LogP contribution in [0.1, 0.15) is 27.7 Å². The number of hydrogen-bond donors (Lipinski definition) is 2. The number of aromatic amines is 1. The molecule has 0 fully saturated rings. The van der Waals surface area contributed by atoms with Crippen LogP contribution in [0, 0.1) is 5.82 Å². The molecule has 0 unspecified atom stereocenters. The fraction of sp³-hybridized carbons (Fsp3) is 0.316. The van der Waals surface area contributed by atoms with Crippen LogP contribution in [0.15, 0.2) is 34.9 Å². The SMILES string of the molecule is CC(C)N(C(=O)Nc1ccc(F)c(-c2nc3ncc(Br)cc3[nH]2)c1)C(C)C. The van der Waals surface area contributed by atoms with Crippen LogP contribution in [-0.4, -0.2) is 38.0 Å². The lowest BCUT2D eigenvalue weighted by atomic mass is 10.1. The number of carbonyl (C=O) groups excluding carboxylic acids is 1. The first kappa shape index (κ1) is 19.3. The van der Waals surface area contributed by atoms with Gasteiger partial charge in [-0.05, 0) is 67.9 Å². The number of carbonyl (C=O) groups is 1. The molecule has 27 heavy (non-hydrogen) atoms. The van der Waals surface area contributed by atoms with Crippen LogP contribution in [0.25, 0.3) is 22.6 Å². The standard InChI is InChI=1S/C19H21BrFN5O/c1-10(2)26(11(3)4)19(27)23-13-5-6-15(21)14(8-13)17-24-16-7-12(20)9-22-18(16)25-17/h5-11H,1-4H3,(H,23,27)(H,22,24,25). The van der Waals surface area contributed by atoms with E-state index in [1.165, 1.54) is 12.1 Å². The van der Waals surface area contributed by atoms with Crippen molar-refractivity contribution in [1.82, 2.24) is 19.9 Å². The molecule has 2 N–H and O–H groups in total. The highest BCUT2D eigenvalue weighted by atomic mass is 79.9. The molecule has 0 bridgehead atoms. The molecule has 3 rings (SSSR count). The Morgan fingerprint density at radius 1 is 1.22 bits per heavy atom. The van der Waals surface area contributed by atoms with Gasteiger partial charge in [-0.25, -0.2) is 19.2 Å². The van der Waals surface area contributed by atoms with Gasteiger partial charge < -0.3 is 15.2 Å². The van der Waals surface area contributed by atoms with Gasteiger partial charge in [0.2, 0.25) is 0 Å². The number of nitrogens with zero attached hydrogens (tertiary/aromatic N) is 3. The summed E-state index contributed by atoms with van der Waals surface area (Å²) >= 11 is 3.35. The molecule has 0 saturated carbocycles. The summed E-state index contributed by atoms with van der Waals surface area (Å²) in [5.74, 6) is -0.0792. The molecule has 0 aliphatic rings. The Morgan fingerprint density at radius 2 is 1.93 bits per heavy atom. The Hall–Kier alpha value is -2.48. The number of nitrogens with one attached hydrogen (secondary N) is 2. The highest BCUT2D eigenvalue weighted by molar-refractivity contribution is 9.10. The first-order valence-electron chi connectivity index (χ1n) is 8.66. The van der Waals surface area contributed by atoms with Gasteiger partial charge in [-0.15, -0.1) is 0 Å². The molecule has 0 aliphatic heterocycles. The van der Waals surface area contributed by atoms with Crippen molar-refractivity contribution in [2.24, 2.45) is 0 Å². The van der Waals surface area contributed by atoms with E-state index in [2.05, 4.69) is 36.2 Å². The van der Waals surface area contributed by atoms with E-state index in [0.29, 0.717) is 22.7 Å². The minimum absolute atomic E-state index is 0.0461. The van der Waals surface area contributed by atoms with E-state index in [9.17, 15) is 9.18 Å². The molecule has 0 spiro atoms. The average molecular weight is 434 g/mol. The Morgan fingerprint density at radius 3 is 2.59 bits per heavy atom. The van der Waals surface area contributed by atoms with Crippen LogP contribution >= 0.6 is 15.9 Å². The van der Waals surface area contributed by atoms with E-state index in [4.69, 9.17) is 0 Å². The quantitative estimate of drug-likeness (QED) is 0.595. The van der Waals surface area contributed by atoms with Gasteiger partial charge in [-0.2, -0.15) is 0 Å². The number of aromatic nitrogens is 3. The van der Waals surface area contributed by atoms with Crippen molar-refractivity contribution < 1.29 is 9.18 Å². The second-order valence-electron chi connectivity index (χ2n) is 6.83. The monoisotopic (exact) mass is 433 g/mol. The number of anilines is 1. The molecule has 3 aromatic rings. The Kier molecular flexibility index (Phi) is 5.46. The molecule has 0 aliphatic carbocycles. The zero-order valence-corrected chi connectivity index (χ0v) is 17.1. The van der Waals surface area contributed by atoms with Gasteiger partial charge in [0.1, 0.15) is 11.6 Å². The van der Waals surface area contributed by atoms with Crippen LogP contribution in [0.5, 0.6) is 0 Å². The van der Waals surface area contributed by atoms with Crippen molar-refractivity contribution in [2.45, 2.75) is 39.8 Å². The molecular weight excluding hydrogens is 413 g/mol. The summed E-state index contributed by atoms with van der Waals surface area (Å²) < 4.78 is 15.2. The lowest BCUT2D eigenvalue weighted by Gasteiger charge is -2.30. The van der Waals surface area contributed by atoms with Crippen molar-refractivity contribution in [1.29, 1.82) is 0 Å². The summed E-state index contributed by atoms with van der Waals surface area (Å²) in [6, 6.07) is 6.11. The molecule has 6 nitrogen and oxygen atoms in total. The zero-order valence-electron chi connectivity index (χ0n) is 15.5. The van der Waals surface area contributed by atoms with Crippen LogP contribution in [0.4, 0.5) is 14.9 Å². The summed E-state index contributed by atoms with van der Waals surface area (Å²) in [5.41, 5.74) is 1.95. The third-order valence-corrected chi connectivity index (χ3v) is 4.56. The maximum absolute atomic E-state index is 14.4. The fourth-order valence-electron chi connectivity index (χ4n) is 3.04. The van der Waals surface area contributed by atoms with E-state index in [0.717, 1.165) is 4.47 Å². The van der Waals surface area contributed by atoms with Gasteiger partial charge in [-0.3, -0.25) is 0 Å². The molecule has 8 heteroatoms. The van der Waals surface area contributed by atoms with Crippen LogP contribution in [0.2, 0.25) is 0 Å². The maximum Gasteiger partial charge on any atom is 0.322 e. The predicted octanol–water partition coefficient (Wildman–Crippen LogP) is 5.18. The van der Waals surface area contributed by atoms with Gasteiger partial charge in [0, 0.05) is 28.4 Å². The molecule has 1 aromatic carbocycles. The van der Waals surface area contributed by atoms with Crippen LogP contribution < -0.4 is 5.32 Å². The van der Waals surface area contributed by atoms with Crippen molar-refractivity contribution in [3.8, 4) is 11.4 Å². The molecule has 0 atom stereocenters. The smallest absolute Gasteiger partial charge is 0.322 e. The van der Waals surface area contributed by atoms with E-state index in [-0.39, 0.29) is 23.7 Å². The van der Waals surface area contributed by atoms with E-state index in [1.807, 2.05) is 33.8 Å². The summed E-state index contributed by atoms with van der Waals surface area (Å²) in [7, 11) is 0. The number of amides is 2. The number of imidazole rings is 1. The van der Waals surface area contributed by atoms with Crippen molar-refractivity contribution in [3.05, 3.63) is 40.8 Å². The summed E-state index contributed by atoms with van der Waals surface area (Å²) in [4.78, 5) is 25.9. The van der Waals surface area contributed by atoms with E-state index < -0.39 is 5.82 Å². The largest absolute Gasteiger partial charge is 0.336 e. The number of urea groups is 1. The van der Waals surface area contributed by atoms with Crippen molar-refractivity contribution in [2.75, 3.05) is 5.32 Å². The second kappa shape index (κ2) is 7.64. The van der Waals surface area contributed by atoms with E-state index in [1.54, 1.807) is 17.2 Å². The topological polar surface area (TPSA) is 73.9 Å². The van der Waals surface area contributed by atoms with Gasteiger partial charge in [-0.1, -0.05) is 0 Å².